The second kappa shape index (κ2) is 6.33. The van der Waals surface area contributed by atoms with E-state index in [2.05, 4.69) is 21.2 Å². The summed E-state index contributed by atoms with van der Waals surface area (Å²) in [6, 6.07) is 3.74. The largest absolute Gasteiger partial charge is 0.480 e. The summed E-state index contributed by atoms with van der Waals surface area (Å²) in [5.41, 5.74) is 5.97. The quantitative estimate of drug-likeness (QED) is 0.743. The Kier molecular flexibility index (Phi) is 5.05. The molecular weight excluding hydrogens is 316 g/mol. The molecule has 1 aromatic rings. The minimum absolute atomic E-state index is 0.338. The van der Waals surface area contributed by atoms with Crippen molar-refractivity contribution in [3.63, 3.8) is 0 Å². The molecule has 1 atom stereocenters. The summed E-state index contributed by atoms with van der Waals surface area (Å²) >= 11 is 3.23. The fourth-order valence-electron chi connectivity index (χ4n) is 1.48. The maximum Gasteiger partial charge on any atom is 0.326 e. The molecule has 0 aliphatic carbocycles. The van der Waals surface area contributed by atoms with Crippen molar-refractivity contribution < 1.29 is 19.5 Å². The average molecular weight is 329 g/mol. The van der Waals surface area contributed by atoms with E-state index in [1.54, 1.807) is 25.1 Å². The molecule has 0 fully saturated rings. The first-order valence-corrected chi connectivity index (χ1v) is 6.18. The highest BCUT2D eigenvalue weighted by atomic mass is 79.9. The fourth-order valence-corrected chi connectivity index (χ4v) is 1.84. The molecule has 0 aliphatic rings. The third kappa shape index (κ3) is 4.36. The number of carbonyl (C=O) groups excluding carboxylic acids is 2. The van der Waals surface area contributed by atoms with Crippen molar-refractivity contribution >= 4 is 33.7 Å². The molecule has 1 aromatic carbocycles. The number of carbonyl (C=O) groups is 3. The zero-order valence-corrected chi connectivity index (χ0v) is 11.7. The molecule has 6 nitrogen and oxygen atoms in total. The van der Waals surface area contributed by atoms with Crippen LogP contribution < -0.4 is 11.1 Å². The first-order chi connectivity index (χ1) is 8.81. The van der Waals surface area contributed by atoms with Crippen molar-refractivity contribution in [1.29, 1.82) is 0 Å². The number of halogens is 1. The summed E-state index contributed by atoms with van der Waals surface area (Å²) in [5.74, 6) is -2.66. The number of nitrogens with one attached hydrogen (secondary N) is 1. The summed E-state index contributed by atoms with van der Waals surface area (Å²) in [4.78, 5) is 33.6. The van der Waals surface area contributed by atoms with Gasteiger partial charge in [0, 0.05) is 10.0 Å². The van der Waals surface area contributed by atoms with Gasteiger partial charge in [-0.2, -0.15) is 0 Å². The Morgan fingerprint density at radius 3 is 2.58 bits per heavy atom. The number of aryl methyl sites for hydroxylation is 1. The van der Waals surface area contributed by atoms with Crippen molar-refractivity contribution in [1.82, 2.24) is 5.32 Å². The maximum atomic E-state index is 12.0. The van der Waals surface area contributed by atoms with E-state index in [1.165, 1.54) is 0 Å². The molecule has 102 valence electrons. The summed E-state index contributed by atoms with van der Waals surface area (Å²) in [6.07, 6.45) is -0.450. The van der Waals surface area contributed by atoms with Gasteiger partial charge in [0.2, 0.25) is 5.91 Å². The zero-order valence-electron chi connectivity index (χ0n) is 10.1. The number of amides is 2. The van der Waals surface area contributed by atoms with E-state index >= 15 is 0 Å². The molecule has 0 heterocycles. The Hall–Kier alpha value is -1.89. The molecule has 0 aliphatic heterocycles. The van der Waals surface area contributed by atoms with Crippen LogP contribution in [0, 0.1) is 6.92 Å². The van der Waals surface area contributed by atoms with Crippen LogP contribution >= 0.6 is 15.9 Å². The van der Waals surface area contributed by atoms with Crippen LogP contribution in [0.2, 0.25) is 0 Å². The lowest BCUT2D eigenvalue weighted by Crippen LogP contribution is -2.43. The molecule has 0 aromatic heterocycles. The van der Waals surface area contributed by atoms with E-state index in [-0.39, 0.29) is 0 Å². The van der Waals surface area contributed by atoms with Crippen LogP contribution in [0.4, 0.5) is 0 Å². The van der Waals surface area contributed by atoms with Gasteiger partial charge >= 0.3 is 5.97 Å². The van der Waals surface area contributed by atoms with Gasteiger partial charge in [-0.15, -0.1) is 0 Å². The molecule has 0 spiro atoms. The number of primary amides is 1. The Morgan fingerprint density at radius 1 is 1.42 bits per heavy atom. The SMILES string of the molecule is Cc1ccc(Br)cc1C(=O)N[C@@H](CC(N)=O)C(=O)O. The van der Waals surface area contributed by atoms with Crippen molar-refractivity contribution in [2.24, 2.45) is 5.73 Å². The van der Waals surface area contributed by atoms with Gasteiger partial charge in [-0.05, 0) is 24.6 Å². The van der Waals surface area contributed by atoms with Crippen LogP contribution in [-0.4, -0.2) is 28.9 Å². The molecular formula is C12H13BrN2O4. The molecule has 1 rings (SSSR count). The molecule has 4 N–H and O–H groups in total. The highest BCUT2D eigenvalue weighted by Gasteiger charge is 2.23. The molecule has 0 radical (unpaired) electrons. The normalized spacial score (nSPS) is 11.7. The number of aliphatic carboxylic acids is 1. The van der Waals surface area contributed by atoms with Crippen LogP contribution in [0.1, 0.15) is 22.3 Å². The van der Waals surface area contributed by atoms with E-state index in [1.807, 2.05) is 0 Å². The van der Waals surface area contributed by atoms with Gasteiger partial charge in [-0.25, -0.2) is 4.79 Å². The van der Waals surface area contributed by atoms with E-state index in [4.69, 9.17) is 10.8 Å². The van der Waals surface area contributed by atoms with Gasteiger partial charge in [0.25, 0.3) is 5.91 Å². The van der Waals surface area contributed by atoms with Crippen LogP contribution in [0.25, 0.3) is 0 Å². The van der Waals surface area contributed by atoms with Gasteiger partial charge in [-0.3, -0.25) is 9.59 Å². The van der Waals surface area contributed by atoms with Gasteiger partial charge in [0.1, 0.15) is 6.04 Å². The summed E-state index contributed by atoms with van der Waals surface area (Å²) < 4.78 is 0.699. The van der Waals surface area contributed by atoms with E-state index < -0.39 is 30.2 Å². The van der Waals surface area contributed by atoms with Crippen LogP contribution in [0.5, 0.6) is 0 Å². The van der Waals surface area contributed by atoms with Gasteiger partial charge in [-0.1, -0.05) is 22.0 Å². The van der Waals surface area contributed by atoms with Crippen molar-refractivity contribution in [2.45, 2.75) is 19.4 Å². The van der Waals surface area contributed by atoms with Crippen LogP contribution in [0.15, 0.2) is 22.7 Å². The third-order valence-corrected chi connectivity index (χ3v) is 2.95. The Balaban J connectivity index is 2.90. The Bertz CT molecular complexity index is 530. The molecule has 0 bridgehead atoms. The minimum atomic E-state index is -1.33. The fraction of sp³-hybridized carbons (Fsp3) is 0.250. The molecule has 7 heteroatoms. The predicted octanol–water partition coefficient (Wildman–Crippen LogP) is 0.816. The molecule has 19 heavy (non-hydrogen) atoms. The van der Waals surface area contributed by atoms with E-state index in [0.717, 1.165) is 0 Å². The van der Waals surface area contributed by atoms with Gasteiger partial charge < -0.3 is 16.2 Å². The van der Waals surface area contributed by atoms with E-state index in [0.29, 0.717) is 15.6 Å². The summed E-state index contributed by atoms with van der Waals surface area (Å²) in [7, 11) is 0. The Labute approximate surface area is 118 Å². The zero-order chi connectivity index (χ0) is 14.6. The number of nitrogens with two attached hydrogens (primary N) is 1. The maximum absolute atomic E-state index is 12.0. The highest BCUT2D eigenvalue weighted by Crippen LogP contribution is 2.16. The minimum Gasteiger partial charge on any atom is -0.480 e. The van der Waals surface area contributed by atoms with Crippen LogP contribution in [-0.2, 0) is 9.59 Å². The van der Waals surface area contributed by atoms with Crippen molar-refractivity contribution in [3.05, 3.63) is 33.8 Å². The number of hydrogen-bond acceptors (Lipinski definition) is 3. The van der Waals surface area contributed by atoms with Crippen LogP contribution in [0.3, 0.4) is 0 Å². The van der Waals surface area contributed by atoms with Crippen molar-refractivity contribution in [2.75, 3.05) is 0 Å². The highest BCUT2D eigenvalue weighted by molar-refractivity contribution is 9.10. The molecule has 2 amide bonds. The lowest BCUT2D eigenvalue weighted by atomic mass is 10.1. The number of benzene rings is 1. The van der Waals surface area contributed by atoms with Gasteiger partial charge in [0.15, 0.2) is 0 Å². The standard InChI is InChI=1S/C12H13BrN2O4/c1-6-2-3-7(13)4-8(6)11(17)15-9(12(18)19)5-10(14)16/h2-4,9H,5H2,1H3,(H2,14,16)(H,15,17)(H,18,19)/t9-/m0/s1. The van der Waals surface area contributed by atoms with Crippen molar-refractivity contribution in [3.8, 4) is 0 Å². The van der Waals surface area contributed by atoms with Gasteiger partial charge in [0.05, 0.1) is 6.42 Å². The lowest BCUT2D eigenvalue weighted by molar-refractivity contribution is -0.140. The number of carboxylic acids is 1. The predicted molar refractivity (Wildman–Crippen MR) is 71.6 cm³/mol. The molecule has 0 saturated heterocycles. The third-order valence-electron chi connectivity index (χ3n) is 2.45. The molecule has 0 saturated carbocycles. The number of rotatable bonds is 5. The number of hydrogen-bond donors (Lipinski definition) is 3. The lowest BCUT2D eigenvalue weighted by Gasteiger charge is -2.14. The molecule has 0 unspecified atom stereocenters. The summed E-state index contributed by atoms with van der Waals surface area (Å²) in [6.45, 7) is 1.73. The first kappa shape index (κ1) is 15.2. The smallest absolute Gasteiger partial charge is 0.326 e. The average Bonchev–Trinajstić information content (AvgIpc) is 2.30. The number of carboxylic acid groups (broad SMARTS) is 1. The Morgan fingerprint density at radius 2 is 2.05 bits per heavy atom. The topological polar surface area (TPSA) is 109 Å². The second-order valence-electron chi connectivity index (χ2n) is 3.99. The van der Waals surface area contributed by atoms with E-state index in [9.17, 15) is 14.4 Å². The first-order valence-electron chi connectivity index (χ1n) is 5.39. The summed E-state index contributed by atoms with van der Waals surface area (Å²) in [5, 5.41) is 11.2. The monoisotopic (exact) mass is 328 g/mol. The second-order valence-corrected chi connectivity index (χ2v) is 4.91.